The second-order valence-corrected chi connectivity index (χ2v) is 7.11. The number of aliphatic hydroxyl groups excluding tert-OH is 1. The van der Waals surface area contributed by atoms with Crippen molar-refractivity contribution >= 4 is 10.0 Å². The molecule has 0 saturated heterocycles. The number of hydrogen-bond acceptors (Lipinski definition) is 5. The predicted octanol–water partition coefficient (Wildman–Crippen LogP) is 1.61. The van der Waals surface area contributed by atoms with Crippen molar-refractivity contribution in [2.75, 3.05) is 13.2 Å². The highest BCUT2D eigenvalue weighted by Gasteiger charge is 2.35. The van der Waals surface area contributed by atoms with Gasteiger partial charge >= 0.3 is 0 Å². The Morgan fingerprint density at radius 3 is 2.45 bits per heavy atom. The van der Waals surface area contributed by atoms with E-state index in [0.29, 0.717) is 11.5 Å². The average Bonchev–Trinajstić information content (AvgIpc) is 2.77. The molecule has 1 aromatic heterocycles. The fourth-order valence-electron chi connectivity index (χ4n) is 2.93. The van der Waals surface area contributed by atoms with Crippen LogP contribution in [-0.2, 0) is 10.0 Å². The third kappa shape index (κ3) is 2.89. The topological polar surface area (TPSA) is 83.6 Å². The minimum atomic E-state index is -3.66. The summed E-state index contributed by atoms with van der Waals surface area (Å²) in [4.78, 5) is 0.150. The summed E-state index contributed by atoms with van der Waals surface area (Å²) in [7, 11) is -3.66. The fraction of sp³-hybridized carbons (Fsp3) is 0.769. The highest BCUT2D eigenvalue weighted by molar-refractivity contribution is 7.89. The van der Waals surface area contributed by atoms with Gasteiger partial charge in [0.2, 0.25) is 10.0 Å². The summed E-state index contributed by atoms with van der Waals surface area (Å²) in [6.45, 7) is 3.17. The SMILES string of the molecule is Cc1noc(C)c1S(=O)(=O)N(CCO)C1CCCCC1. The van der Waals surface area contributed by atoms with E-state index in [0.717, 1.165) is 32.1 Å². The molecule has 2 rings (SSSR count). The van der Waals surface area contributed by atoms with Crippen LogP contribution in [0.3, 0.4) is 0 Å². The highest BCUT2D eigenvalue weighted by Crippen LogP contribution is 2.30. The molecule has 7 heteroatoms. The summed E-state index contributed by atoms with van der Waals surface area (Å²) in [5.74, 6) is 0.307. The lowest BCUT2D eigenvalue weighted by atomic mass is 9.95. The molecule has 6 nitrogen and oxygen atoms in total. The smallest absolute Gasteiger partial charge is 0.248 e. The quantitative estimate of drug-likeness (QED) is 0.893. The van der Waals surface area contributed by atoms with Crippen molar-refractivity contribution in [3.05, 3.63) is 11.5 Å². The number of sulfonamides is 1. The van der Waals surface area contributed by atoms with Gasteiger partial charge in [0.15, 0.2) is 5.76 Å². The lowest BCUT2D eigenvalue weighted by molar-refractivity contribution is 0.199. The first-order chi connectivity index (χ1) is 9.48. The van der Waals surface area contributed by atoms with Crippen LogP contribution in [0.25, 0.3) is 0 Å². The zero-order valence-electron chi connectivity index (χ0n) is 12.0. The largest absolute Gasteiger partial charge is 0.395 e. The Hall–Kier alpha value is -0.920. The van der Waals surface area contributed by atoms with Gasteiger partial charge in [-0.25, -0.2) is 8.42 Å². The van der Waals surface area contributed by atoms with Gasteiger partial charge in [-0.05, 0) is 26.7 Å². The third-order valence-corrected chi connectivity index (χ3v) is 6.03. The number of hydrogen-bond donors (Lipinski definition) is 1. The van der Waals surface area contributed by atoms with E-state index < -0.39 is 10.0 Å². The van der Waals surface area contributed by atoms with Crippen LogP contribution in [0.5, 0.6) is 0 Å². The molecular weight excluding hydrogens is 280 g/mol. The van der Waals surface area contributed by atoms with Crippen molar-refractivity contribution in [1.82, 2.24) is 9.46 Å². The first-order valence-corrected chi connectivity index (χ1v) is 8.48. The molecule has 1 aliphatic carbocycles. The van der Waals surface area contributed by atoms with Gasteiger partial charge in [0.05, 0.1) is 6.61 Å². The lowest BCUT2D eigenvalue weighted by Crippen LogP contribution is -2.43. The number of aliphatic hydroxyl groups is 1. The Kier molecular flexibility index (Phi) is 4.82. The predicted molar refractivity (Wildman–Crippen MR) is 73.8 cm³/mol. The maximum absolute atomic E-state index is 12.8. The van der Waals surface area contributed by atoms with Crippen LogP contribution in [-0.4, -0.2) is 42.2 Å². The molecule has 0 radical (unpaired) electrons. The van der Waals surface area contributed by atoms with Crippen molar-refractivity contribution in [2.24, 2.45) is 0 Å². The lowest BCUT2D eigenvalue weighted by Gasteiger charge is -2.32. The van der Waals surface area contributed by atoms with E-state index in [1.54, 1.807) is 13.8 Å². The Morgan fingerprint density at radius 1 is 1.30 bits per heavy atom. The first-order valence-electron chi connectivity index (χ1n) is 7.04. The van der Waals surface area contributed by atoms with Gasteiger partial charge in [-0.2, -0.15) is 4.31 Å². The fourth-order valence-corrected chi connectivity index (χ4v) is 4.90. The zero-order chi connectivity index (χ0) is 14.8. The number of aryl methyl sites for hydroxylation is 2. The molecule has 0 aliphatic heterocycles. The molecule has 0 unspecified atom stereocenters. The summed E-state index contributed by atoms with van der Waals surface area (Å²) in [6, 6.07) is -0.0328. The third-order valence-electron chi connectivity index (χ3n) is 3.84. The Bertz CT molecular complexity index is 527. The molecule has 20 heavy (non-hydrogen) atoms. The van der Waals surface area contributed by atoms with E-state index in [4.69, 9.17) is 4.52 Å². The van der Waals surface area contributed by atoms with E-state index in [2.05, 4.69) is 5.16 Å². The van der Waals surface area contributed by atoms with Crippen molar-refractivity contribution < 1.29 is 18.0 Å². The molecule has 1 aliphatic rings. The van der Waals surface area contributed by atoms with E-state index in [-0.39, 0.29) is 24.1 Å². The van der Waals surface area contributed by atoms with Gasteiger partial charge in [0.25, 0.3) is 0 Å². The van der Waals surface area contributed by atoms with Crippen LogP contribution in [0.2, 0.25) is 0 Å². The maximum atomic E-state index is 12.8. The van der Waals surface area contributed by atoms with Crippen molar-refractivity contribution in [3.8, 4) is 0 Å². The minimum absolute atomic E-state index is 0.0328. The van der Waals surface area contributed by atoms with Crippen LogP contribution in [0, 0.1) is 13.8 Å². The average molecular weight is 302 g/mol. The van der Waals surface area contributed by atoms with Crippen LogP contribution in [0.1, 0.15) is 43.6 Å². The van der Waals surface area contributed by atoms with Gasteiger partial charge < -0.3 is 9.63 Å². The highest BCUT2D eigenvalue weighted by atomic mass is 32.2. The molecule has 114 valence electrons. The summed E-state index contributed by atoms with van der Waals surface area (Å²) in [5, 5.41) is 12.9. The van der Waals surface area contributed by atoms with Gasteiger partial charge in [0, 0.05) is 12.6 Å². The molecule has 0 aromatic carbocycles. The number of aromatic nitrogens is 1. The Labute approximate surface area is 119 Å². The van der Waals surface area contributed by atoms with Crippen LogP contribution < -0.4 is 0 Å². The zero-order valence-corrected chi connectivity index (χ0v) is 12.8. The second-order valence-electron chi connectivity index (χ2n) is 5.28. The number of rotatable bonds is 5. The molecule has 1 saturated carbocycles. The molecular formula is C13H22N2O4S. The summed E-state index contributed by atoms with van der Waals surface area (Å²) < 4.78 is 32.1. The monoisotopic (exact) mass is 302 g/mol. The molecule has 0 atom stereocenters. The second kappa shape index (κ2) is 6.24. The molecule has 0 bridgehead atoms. The van der Waals surface area contributed by atoms with Gasteiger partial charge in [-0.1, -0.05) is 24.4 Å². The normalized spacial score (nSPS) is 17.8. The summed E-state index contributed by atoms with van der Waals surface area (Å²) in [6.07, 6.45) is 4.91. The van der Waals surface area contributed by atoms with Gasteiger partial charge in [-0.15, -0.1) is 0 Å². The van der Waals surface area contributed by atoms with Crippen LogP contribution >= 0.6 is 0 Å². The molecule has 0 amide bonds. The minimum Gasteiger partial charge on any atom is -0.395 e. The molecule has 1 fully saturated rings. The van der Waals surface area contributed by atoms with E-state index in [9.17, 15) is 13.5 Å². The van der Waals surface area contributed by atoms with Crippen molar-refractivity contribution in [1.29, 1.82) is 0 Å². The first kappa shape index (κ1) is 15.5. The summed E-state index contributed by atoms with van der Waals surface area (Å²) >= 11 is 0. The van der Waals surface area contributed by atoms with E-state index >= 15 is 0 Å². The molecule has 1 N–H and O–H groups in total. The van der Waals surface area contributed by atoms with Crippen molar-refractivity contribution in [2.45, 2.75) is 56.9 Å². The van der Waals surface area contributed by atoms with Crippen LogP contribution in [0.4, 0.5) is 0 Å². The van der Waals surface area contributed by atoms with Gasteiger partial charge in [0.1, 0.15) is 10.6 Å². The number of nitrogens with zero attached hydrogens (tertiary/aromatic N) is 2. The Morgan fingerprint density at radius 2 is 1.95 bits per heavy atom. The molecule has 1 heterocycles. The van der Waals surface area contributed by atoms with E-state index in [1.807, 2.05) is 0 Å². The van der Waals surface area contributed by atoms with Crippen molar-refractivity contribution in [3.63, 3.8) is 0 Å². The summed E-state index contributed by atoms with van der Waals surface area (Å²) in [5.41, 5.74) is 0.376. The maximum Gasteiger partial charge on any atom is 0.248 e. The Balaban J connectivity index is 2.36. The van der Waals surface area contributed by atoms with Crippen LogP contribution in [0.15, 0.2) is 9.42 Å². The molecule has 0 spiro atoms. The van der Waals surface area contributed by atoms with E-state index in [1.165, 1.54) is 4.31 Å². The van der Waals surface area contributed by atoms with Gasteiger partial charge in [-0.3, -0.25) is 0 Å². The molecule has 1 aromatic rings. The standard InChI is InChI=1S/C13H22N2O4S/c1-10-13(11(2)19-14-10)20(17,18)15(8-9-16)12-6-4-3-5-7-12/h12,16H,3-9H2,1-2H3.